The molecule has 2 aromatic heterocycles. The SMILES string of the molecule is CCOC(=O)c1sc(-c2ccccc2)cc1NC(=O)Cn1cnnc1C#N. The highest BCUT2D eigenvalue weighted by atomic mass is 32.1. The minimum atomic E-state index is -0.498. The van der Waals surface area contributed by atoms with Crippen LogP contribution in [0.4, 0.5) is 5.69 Å². The van der Waals surface area contributed by atoms with Crippen molar-refractivity contribution in [3.63, 3.8) is 0 Å². The molecule has 3 rings (SSSR count). The lowest BCUT2D eigenvalue weighted by atomic mass is 10.2. The van der Waals surface area contributed by atoms with Gasteiger partial charge in [0.05, 0.1) is 12.3 Å². The molecule has 1 N–H and O–H groups in total. The molecule has 1 amide bonds. The Morgan fingerprint density at radius 3 is 2.81 bits per heavy atom. The van der Waals surface area contributed by atoms with E-state index in [0.717, 1.165) is 10.4 Å². The first-order valence-corrected chi connectivity index (χ1v) is 8.88. The van der Waals surface area contributed by atoms with Gasteiger partial charge in [-0.3, -0.25) is 9.36 Å². The number of benzene rings is 1. The Morgan fingerprint density at radius 1 is 1.33 bits per heavy atom. The van der Waals surface area contributed by atoms with E-state index in [0.29, 0.717) is 10.6 Å². The van der Waals surface area contributed by atoms with Crippen LogP contribution in [-0.2, 0) is 16.1 Å². The molecule has 27 heavy (non-hydrogen) atoms. The minimum absolute atomic E-state index is 0.0334. The predicted molar refractivity (Wildman–Crippen MR) is 99.1 cm³/mol. The highest BCUT2D eigenvalue weighted by Crippen LogP contribution is 2.35. The lowest BCUT2D eigenvalue weighted by Crippen LogP contribution is -2.20. The van der Waals surface area contributed by atoms with Gasteiger partial charge in [0.15, 0.2) is 0 Å². The standard InChI is InChI=1S/C18H15N5O3S/c1-2-26-18(25)17-13(8-14(27-17)12-6-4-3-5-7-12)21-16(24)10-23-11-20-22-15(23)9-19/h3-8,11H,2,10H2,1H3,(H,21,24). The third kappa shape index (κ3) is 4.19. The molecule has 1 aromatic carbocycles. The second-order valence-corrected chi connectivity index (χ2v) is 6.43. The van der Waals surface area contributed by atoms with E-state index >= 15 is 0 Å². The Kier molecular flexibility index (Phi) is 5.58. The largest absolute Gasteiger partial charge is 0.462 e. The fourth-order valence-electron chi connectivity index (χ4n) is 2.38. The maximum atomic E-state index is 12.4. The molecule has 0 aliphatic rings. The molecule has 9 heteroatoms. The van der Waals surface area contributed by atoms with Crippen molar-refractivity contribution in [1.82, 2.24) is 14.8 Å². The molecule has 0 aliphatic carbocycles. The van der Waals surface area contributed by atoms with Crippen molar-refractivity contribution in [3.8, 4) is 16.5 Å². The zero-order chi connectivity index (χ0) is 19.2. The number of hydrogen-bond donors (Lipinski definition) is 1. The fraction of sp³-hybridized carbons (Fsp3) is 0.167. The quantitative estimate of drug-likeness (QED) is 0.658. The summed E-state index contributed by atoms with van der Waals surface area (Å²) in [5.41, 5.74) is 1.30. The van der Waals surface area contributed by atoms with E-state index in [1.54, 1.807) is 13.0 Å². The van der Waals surface area contributed by atoms with Crippen molar-refractivity contribution < 1.29 is 14.3 Å². The van der Waals surface area contributed by atoms with Crippen molar-refractivity contribution in [2.75, 3.05) is 11.9 Å². The summed E-state index contributed by atoms with van der Waals surface area (Å²) in [6.45, 7) is 1.81. The van der Waals surface area contributed by atoms with Crippen molar-refractivity contribution in [2.45, 2.75) is 13.5 Å². The van der Waals surface area contributed by atoms with Crippen LogP contribution in [-0.4, -0.2) is 33.2 Å². The summed E-state index contributed by atoms with van der Waals surface area (Å²) in [5.74, 6) is -0.873. The summed E-state index contributed by atoms with van der Waals surface area (Å²) in [6.07, 6.45) is 1.30. The van der Waals surface area contributed by atoms with Gasteiger partial charge in [0.1, 0.15) is 23.8 Å². The number of thiophene rings is 1. The van der Waals surface area contributed by atoms with Crippen LogP contribution in [0.25, 0.3) is 10.4 Å². The number of amides is 1. The molecule has 0 unspecified atom stereocenters. The first kappa shape index (κ1) is 18.3. The number of rotatable bonds is 6. The van der Waals surface area contributed by atoms with Gasteiger partial charge in [-0.05, 0) is 18.6 Å². The molecule has 0 radical (unpaired) electrons. The number of ether oxygens (including phenoxy) is 1. The number of aromatic nitrogens is 3. The minimum Gasteiger partial charge on any atom is -0.462 e. The number of carbonyl (C=O) groups excluding carboxylic acids is 2. The molecule has 0 fully saturated rings. The van der Waals surface area contributed by atoms with Gasteiger partial charge in [-0.1, -0.05) is 30.3 Å². The first-order chi connectivity index (χ1) is 13.1. The molecule has 3 aromatic rings. The normalized spacial score (nSPS) is 10.2. The third-order valence-electron chi connectivity index (χ3n) is 3.55. The molecule has 0 atom stereocenters. The van der Waals surface area contributed by atoms with Crippen molar-refractivity contribution in [1.29, 1.82) is 5.26 Å². The molecule has 0 bridgehead atoms. The van der Waals surface area contributed by atoms with Crippen LogP contribution in [0.3, 0.4) is 0 Å². The second-order valence-electron chi connectivity index (χ2n) is 5.38. The summed E-state index contributed by atoms with van der Waals surface area (Å²) >= 11 is 1.25. The van der Waals surface area contributed by atoms with Crippen LogP contribution >= 0.6 is 11.3 Å². The van der Waals surface area contributed by atoms with Gasteiger partial charge in [-0.15, -0.1) is 21.5 Å². The van der Waals surface area contributed by atoms with E-state index in [9.17, 15) is 9.59 Å². The predicted octanol–water partition coefficient (Wildman–Crippen LogP) is 2.69. The van der Waals surface area contributed by atoms with E-state index < -0.39 is 11.9 Å². The third-order valence-corrected chi connectivity index (χ3v) is 4.72. The maximum Gasteiger partial charge on any atom is 0.350 e. The summed E-state index contributed by atoms with van der Waals surface area (Å²) in [5, 5.41) is 18.9. The van der Waals surface area contributed by atoms with Gasteiger partial charge in [0.2, 0.25) is 11.7 Å². The van der Waals surface area contributed by atoms with Crippen LogP contribution < -0.4 is 5.32 Å². The maximum absolute atomic E-state index is 12.4. The Balaban J connectivity index is 1.86. The van der Waals surface area contributed by atoms with Crippen LogP contribution in [0, 0.1) is 11.3 Å². The highest BCUT2D eigenvalue weighted by Gasteiger charge is 2.20. The Hall–Kier alpha value is -3.51. The summed E-state index contributed by atoms with van der Waals surface area (Å²) in [7, 11) is 0. The van der Waals surface area contributed by atoms with E-state index in [1.807, 2.05) is 36.4 Å². The van der Waals surface area contributed by atoms with Gasteiger partial charge >= 0.3 is 5.97 Å². The molecule has 2 heterocycles. The monoisotopic (exact) mass is 381 g/mol. The Morgan fingerprint density at radius 2 is 2.11 bits per heavy atom. The first-order valence-electron chi connectivity index (χ1n) is 8.06. The van der Waals surface area contributed by atoms with Gasteiger partial charge < -0.3 is 10.1 Å². The van der Waals surface area contributed by atoms with E-state index in [1.165, 1.54) is 22.2 Å². The van der Waals surface area contributed by atoms with Gasteiger partial charge in [0, 0.05) is 4.88 Å². The molecule has 136 valence electrons. The fourth-order valence-corrected chi connectivity index (χ4v) is 3.39. The average Bonchev–Trinajstić information content (AvgIpc) is 3.29. The van der Waals surface area contributed by atoms with Crippen LogP contribution in [0.5, 0.6) is 0 Å². The lowest BCUT2D eigenvalue weighted by Gasteiger charge is -2.06. The number of hydrogen-bond acceptors (Lipinski definition) is 7. The van der Waals surface area contributed by atoms with Gasteiger partial charge in [-0.2, -0.15) is 5.26 Å². The molecule has 0 saturated carbocycles. The number of nitrogens with one attached hydrogen (secondary N) is 1. The summed E-state index contributed by atoms with van der Waals surface area (Å²) in [6, 6.07) is 13.1. The van der Waals surface area contributed by atoms with Gasteiger partial charge in [0.25, 0.3) is 0 Å². The molecule has 8 nitrogen and oxygen atoms in total. The molecular formula is C18H15N5O3S. The molecule has 0 aliphatic heterocycles. The second kappa shape index (κ2) is 8.25. The molecular weight excluding hydrogens is 366 g/mol. The van der Waals surface area contributed by atoms with Crippen LogP contribution in [0.2, 0.25) is 0 Å². The van der Waals surface area contributed by atoms with Crippen molar-refractivity contribution in [2.24, 2.45) is 0 Å². The summed E-state index contributed by atoms with van der Waals surface area (Å²) in [4.78, 5) is 25.8. The summed E-state index contributed by atoms with van der Waals surface area (Å²) < 4.78 is 6.42. The lowest BCUT2D eigenvalue weighted by molar-refractivity contribution is -0.116. The number of nitriles is 1. The van der Waals surface area contributed by atoms with Crippen molar-refractivity contribution in [3.05, 3.63) is 53.4 Å². The average molecular weight is 381 g/mol. The smallest absolute Gasteiger partial charge is 0.350 e. The topological polar surface area (TPSA) is 110 Å². The number of carbonyl (C=O) groups is 2. The van der Waals surface area contributed by atoms with E-state index in [4.69, 9.17) is 10.00 Å². The van der Waals surface area contributed by atoms with E-state index in [2.05, 4.69) is 15.5 Å². The van der Waals surface area contributed by atoms with Gasteiger partial charge in [-0.25, -0.2) is 4.79 Å². The Bertz CT molecular complexity index is 1000. The molecule has 0 saturated heterocycles. The number of esters is 1. The zero-order valence-electron chi connectivity index (χ0n) is 14.4. The van der Waals surface area contributed by atoms with Crippen LogP contribution in [0.1, 0.15) is 22.4 Å². The van der Waals surface area contributed by atoms with E-state index in [-0.39, 0.29) is 19.0 Å². The van der Waals surface area contributed by atoms with Crippen molar-refractivity contribution >= 4 is 28.9 Å². The highest BCUT2D eigenvalue weighted by molar-refractivity contribution is 7.18. The Labute approximate surface area is 159 Å². The van der Waals surface area contributed by atoms with Crippen LogP contribution in [0.15, 0.2) is 42.7 Å². The number of nitrogens with zero attached hydrogens (tertiary/aromatic N) is 4. The zero-order valence-corrected chi connectivity index (χ0v) is 15.2. The number of anilines is 1. The molecule has 0 spiro atoms.